The number of carboxylic acid groups (broad SMARTS) is 1. The number of nitrogens with zero attached hydrogens (tertiary/aromatic N) is 1. The Hall–Kier alpha value is -2.13. The molecule has 0 aliphatic carbocycles. The Morgan fingerprint density at radius 2 is 1.48 bits per heavy atom. The van der Waals surface area contributed by atoms with Gasteiger partial charge in [-0.15, -0.1) is 0 Å². The Labute approximate surface area is 150 Å². The molecule has 1 saturated heterocycles. The highest BCUT2D eigenvalue weighted by Gasteiger charge is 2.30. The number of hydrogen-bond donors (Lipinski definition) is 1. The topological polar surface area (TPSA) is 40.5 Å². The maximum absolute atomic E-state index is 11.3. The Balaban J connectivity index is 1.95. The van der Waals surface area contributed by atoms with Gasteiger partial charge in [0.05, 0.1) is 12.0 Å². The Morgan fingerprint density at radius 1 is 0.920 bits per heavy atom. The van der Waals surface area contributed by atoms with Gasteiger partial charge in [0, 0.05) is 0 Å². The second-order valence-corrected chi connectivity index (χ2v) is 7.38. The number of hydrogen-bond acceptors (Lipinski definition) is 2. The zero-order valence-electron chi connectivity index (χ0n) is 15.3. The van der Waals surface area contributed by atoms with Crippen molar-refractivity contribution in [2.75, 3.05) is 13.1 Å². The summed E-state index contributed by atoms with van der Waals surface area (Å²) in [5.41, 5.74) is 6.38. The van der Waals surface area contributed by atoms with Gasteiger partial charge in [0.2, 0.25) is 0 Å². The molecule has 0 radical (unpaired) electrons. The number of likely N-dealkylation sites (tertiary alicyclic amines) is 1. The quantitative estimate of drug-likeness (QED) is 0.893. The summed E-state index contributed by atoms with van der Waals surface area (Å²) in [6, 6.07) is 15.7. The molecule has 2 aromatic rings. The fourth-order valence-corrected chi connectivity index (χ4v) is 3.94. The molecule has 0 spiro atoms. The first-order valence-corrected chi connectivity index (χ1v) is 9.05. The molecular formula is C22H27NO2. The monoisotopic (exact) mass is 337 g/mol. The van der Waals surface area contributed by atoms with Crippen molar-refractivity contribution in [2.45, 2.75) is 39.7 Å². The van der Waals surface area contributed by atoms with E-state index in [1.54, 1.807) is 0 Å². The van der Waals surface area contributed by atoms with Gasteiger partial charge >= 0.3 is 5.97 Å². The van der Waals surface area contributed by atoms with Crippen molar-refractivity contribution in [2.24, 2.45) is 5.92 Å². The molecule has 1 fully saturated rings. The lowest BCUT2D eigenvalue weighted by molar-refractivity contribution is -0.143. The molecule has 1 unspecified atom stereocenters. The average molecular weight is 337 g/mol. The molecular weight excluding hydrogens is 310 g/mol. The molecule has 3 heteroatoms. The molecule has 132 valence electrons. The van der Waals surface area contributed by atoms with E-state index < -0.39 is 5.97 Å². The molecule has 3 rings (SSSR count). The molecule has 1 aliphatic heterocycles. The second kappa shape index (κ2) is 7.40. The normalized spacial score (nSPS) is 17.4. The van der Waals surface area contributed by atoms with Gasteiger partial charge in [0.25, 0.3) is 0 Å². The first-order chi connectivity index (χ1) is 11.9. The van der Waals surface area contributed by atoms with E-state index >= 15 is 0 Å². The van der Waals surface area contributed by atoms with Crippen LogP contribution in [-0.4, -0.2) is 29.1 Å². The van der Waals surface area contributed by atoms with E-state index in [0.717, 1.165) is 25.9 Å². The van der Waals surface area contributed by atoms with E-state index in [9.17, 15) is 9.90 Å². The van der Waals surface area contributed by atoms with Gasteiger partial charge in [-0.3, -0.25) is 9.69 Å². The number of aryl methyl sites for hydroxylation is 3. The summed E-state index contributed by atoms with van der Waals surface area (Å²) >= 11 is 0. The van der Waals surface area contributed by atoms with Crippen LogP contribution in [0.25, 0.3) is 0 Å². The third kappa shape index (κ3) is 4.10. The van der Waals surface area contributed by atoms with Crippen LogP contribution in [0.4, 0.5) is 0 Å². The first-order valence-electron chi connectivity index (χ1n) is 9.05. The molecule has 3 nitrogen and oxygen atoms in total. The molecule has 25 heavy (non-hydrogen) atoms. The molecule has 2 aromatic carbocycles. The summed E-state index contributed by atoms with van der Waals surface area (Å²) in [5, 5.41) is 9.28. The molecule has 1 heterocycles. The van der Waals surface area contributed by atoms with Crippen molar-refractivity contribution >= 4 is 5.97 Å². The highest BCUT2D eigenvalue weighted by atomic mass is 16.4. The van der Waals surface area contributed by atoms with Crippen molar-refractivity contribution in [3.8, 4) is 0 Å². The maximum Gasteiger partial charge on any atom is 0.306 e. The number of rotatable bonds is 4. The van der Waals surface area contributed by atoms with E-state index in [-0.39, 0.29) is 12.0 Å². The van der Waals surface area contributed by atoms with Gasteiger partial charge < -0.3 is 5.11 Å². The number of carbonyl (C=O) groups is 1. The van der Waals surface area contributed by atoms with Gasteiger partial charge in [0.15, 0.2) is 0 Å². The van der Waals surface area contributed by atoms with Crippen LogP contribution >= 0.6 is 0 Å². The molecule has 1 aliphatic rings. The number of piperidine rings is 1. The van der Waals surface area contributed by atoms with Crippen molar-refractivity contribution in [3.05, 3.63) is 70.3 Å². The van der Waals surface area contributed by atoms with E-state index in [2.05, 4.69) is 68.1 Å². The predicted molar refractivity (Wildman–Crippen MR) is 101 cm³/mol. The Kier molecular flexibility index (Phi) is 5.24. The van der Waals surface area contributed by atoms with E-state index in [4.69, 9.17) is 0 Å². The minimum atomic E-state index is -0.655. The lowest BCUT2D eigenvalue weighted by atomic mass is 9.90. The minimum Gasteiger partial charge on any atom is -0.481 e. The summed E-state index contributed by atoms with van der Waals surface area (Å²) < 4.78 is 0. The maximum atomic E-state index is 11.3. The third-order valence-electron chi connectivity index (χ3n) is 5.20. The Morgan fingerprint density at radius 3 is 2.00 bits per heavy atom. The van der Waals surface area contributed by atoms with Crippen LogP contribution in [0.3, 0.4) is 0 Å². The summed E-state index contributed by atoms with van der Waals surface area (Å²) in [6.45, 7) is 8.03. The van der Waals surface area contributed by atoms with Gasteiger partial charge in [-0.05, 0) is 57.8 Å². The van der Waals surface area contributed by atoms with Gasteiger partial charge in [-0.1, -0.05) is 59.2 Å². The number of benzene rings is 2. The minimum absolute atomic E-state index is 0.189. The van der Waals surface area contributed by atoms with Crippen molar-refractivity contribution in [1.29, 1.82) is 0 Å². The third-order valence-corrected chi connectivity index (χ3v) is 5.20. The van der Waals surface area contributed by atoms with Crippen LogP contribution in [0, 0.1) is 26.7 Å². The van der Waals surface area contributed by atoms with Crippen LogP contribution < -0.4 is 0 Å². The van der Waals surface area contributed by atoms with Gasteiger partial charge in [0.1, 0.15) is 0 Å². The average Bonchev–Trinajstić information content (AvgIpc) is 2.56. The number of aliphatic carboxylic acids is 1. The van der Waals surface area contributed by atoms with Crippen LogP contribution in [-0.2, 0) is 4.79 Å². The first kappa shape index (κ1) is 17.7. The van der Waals surface area contributed by atoms with E-state index in [0.29, 0.717) is 0 Å². The highest BCUT2D eigenvalue weighted by molar-refractivity contribution is 5.70. The fourth-order valence-electron chi connectivity index (χ4n) is 3.94. The van der Waals surface area contributed by atoms with E-state index in [1.165, 1.54) is 27.8 Å². The van der Waals surface area contributed by atoms with Crippen LogP contribution in [0.15, 0.2) is 42.5 Å². The lowest BCUT2D eigenvalue weighted by Crippen LogP contribution is -2.39. The van der Waals surface area contributed by atoms with Gasteiger partial charge in [-0.25, -0.2) is 0 Å². The molecule has 0 aromatic heterocycles. The SMILES string of the molecule is Cc1ccc(C(c2cc(C)cc(C)c2)N2CCC(C(=O)O)CC2)cc1. The summed E-state index contributed by atoms with van der Waals surface area (Å²) in [4.78, 5) is 13.7. The standard InChI is InChI=1S/C22H27NO2/c1-15-4-6-18(7-5-15)21(20-13-16(2)12-17(3)14-20)23-10-8-19(9-11-23)22(24)25/h4-7,12-14,19,21H,8-11H2,1-3H3,(H,24,25). The molecule has 1 atom stereocenters. The van der Waals surface area contributed by atoms with Crippen molar-refractivity contribution < 1.29 is 9.90 Å². The molecule has 0 bridgehead atoms. The molecule has 0 saturated carbocycles. The van der Waals surface area contributed by atoms with Crippen LogP contribution in [0.1, 0.15) is 46.7 Å². The Bertz CT molecular complexity index is 723. The summed E-state index contributed by atoms with van der Waals surface area (Å²) in [6.07, 6.45) is 1.45. The largest absolute Gasteiger partial charge is 0.481 e. The van der Waals surface area contributed by atoms with Crippen LogP contribution in [0.5, 0.6) is 0 Å². The number of carboxylic acids is 1. The summed E-state index contributed by atoms with van der Waals surface area (Å²) in [5.74, 6) is -0.855. The fraction of sp³-hybridized carbons (Fsp3) is 0.409. The second-order valence-electron chi connectivity index (χ2n) is 7.38. The zero-order valence-corrected chi connectivity index (χ0v) is 15.3. The van der Waals surface area contributed by atoms with Crippen molar-refractivity contribution in [3.63, 3.8) is 0 Å². The highest BCUT2D eigenvalue weighted by Crippen LogP contribution is 2.33. The predicted octanol–water partition coefficient (Wildman–Crippen LogP) is 4.50. The smallest absolute Gasteiger partial charge is 0.306 e. The van der Waals surface area contributed by atoms with E-state index in [1.807, 2.05) is 0 Å². The molecule has 0 amide bonds. The van der Waals surface area contributed by atoms with Crippen LogP contribution in [0.2, 0.25) is 0 Å². The molecule has 1 N–H and O–H groups in total. The lowest BCUT2D eigenvalue weighted by Gasteiger charge is -2.37. The van der Waals surface area contributed by atoms with Crippen molar-refractivity contribution in [1.82, 2.24) is 4.90 Å². The summed E-state index contributed by atoms with van der Waals surface area (Å²) in [7, 11) is 0. The van der Waals surface area contributed by atoms with Gasteiger partial charge in [-0.2, -0.15) is 0 Å². The zero-order chi connectivity index (χ0) is 18.0.